The van der Waals surface area contributed by atoms with E-state index in [4.69, 9.17) is 5.11 Å². The Labute approximate surface area is 92.5 Å². The van der Waals surface area contributed by atoms with Gasteiger partial charge in [-0.15, -0.1) is 0 Å². The van der Waals surface area contributed by atoms with Gasteiger partial charge in [0.05, 0.1) is 5.92 Å². The second-order valence-electron chi connectivity index (χ2n) is 4.86. The summed E-state index contributed by atoms with van der Waals surface area (Å²) < 4.78 is 0. The molecular weight excluding hydrogens is 190 g/mol. The van der Waals surface area contributed by atoms with Crippen molar-refractivity contribution in [3.05, 3.63) is 0 Å². The molecule has 1 aliphatic rings. The number of likely N-dealkylation sites (tertiary alicyclic amines) is 1. The van der Waals surface area contributed by atoms with Crippen LogP contribution in [0.15, 0.2) is 0 Å². The Morgan fingerprint density at radius 1 is 1.60 bits per heavy atom. The van der Waals surface area contributed by atoms with Crippen LogP contribution in [0.25, 0.3) is 0 Å². The second-order valence-corrected chi connectivity index (χ2v) is 4.86. The van der Waals surface area contributed by atoms with Crippen molar-refractivity contribution in [2.45, 2.75) is 46.1 Å². The third-order valence-electron chi connectivity index (χ3n) is 3.53. The van der Waals surface area contributed by atoms with Gasteiger partial charge in [-0.05, 0) is 32.2 Å². The molecule has 15 heavy (non-hydrogen) atoms. The molecule has 3 atom stereocenters. The van der Waals surface area contributed by atoms with Crippen LogP contribution < -0.4 is 0 Å². The lowest BCUT2D eigenvalue weighted by Crippen LogP contribution is -2.35. The zero-order chi connectivity index (χ0) is 11.4. The molecule has 3 heteroatoms. The molecule has 0 aromatic rings. The molecule has 3 nitrogen and oxygen atoms in total. The normalized spacial score (nSPS) is 29.3. The molecule has 0 aromatic carbocycles. The molecule has 1 fully saturated rings. The molecule has 0 amide bonds. The van der Waals surface area contributed by atoms with E-state index in [1.807, 2.05) is 6.92 Å². The number of rotatable bonds is 5. The highest BCUT2D eigenvalue weighted by molar-refractivity contribution is 5.71. The minimum absolute atomic E-state index is 0.154. The quantitative estimate of drug-likeness (QED) is 0.761. The number of hydrogen-bond acceptors (Lipinski definition) is 2. The summed E-state index contributed by atoms with van der Waals surface area (Å²) in [5.74, 6) is -0.100. The minimum atomic E-state index is -0.631. The van der Waals surface area contributed by atoms with Crippen LogP contribution in [0.5, 0.6) is 0 Å². The molecule has 0 spiro atoms. The first-order valence-corrected chi connectivity index (χ1v) is 6.03. The van der Waals surface area contributed by atoms with Gasteiger partial charge in [0, 0.05) is 12.6 Å². The van der Waals surface area contributed by atoms with Crippen LogP contribution in [0.3, 0.4) is 0 Å². The lowest BCUT2D eigenvalue weighted by molar-refractivity contribution is -0.142. The van der Waals surface area contributed by atoms with Crippen molar-refractivity contribution in [2.24, 2.45) is 11.8 Å². The van der Waals surface area contributed by atoms with Crippen molar-refractivity contribution in [1.82, 2.24) is 4.90 Å². The number of carboxylic acid groups (broad SMARTS) is 1. The van der Waals surface area contributed by atoms with Crippen molar-refractivity contribution in [1.29, 1.82) is 0 Å². The molecule has 1 saturated heterocycles. The Morgan fingerprint density at radius 2 is 2.27 bits per heavy atom. The molecule has 1 rings (SSSR count). The van der Waals surface area contributed by atoms with Gasteiger partial charge in [0.2, 0.25) is 0 Å². The summed E-state index contributed by atoms with van der Waals surface area (Å²) in [5.41, 5.74) is 0. The number of nitrogens with zero attached hydrogens (tertiary/aromatic N) is 1. The first kappa shape index (κ1) is 12.5. The van der Waals surface area contributed by atoms with E-state index in [0.29, 0.717) is 5.92 Å². The summed E-state index contributed by atoms with van der Waals surface area (Å²) in [5, 5.41) is 9.01. The van der Waals surface area contributed by atoms with E-state index in [9.17, 15) is 4.79 Å². The highest BCUT2D eigenvalue weighted by Gasteiger charge is 2.35. The summed E-state index contributed by atoms with van der Waals surface area (Å²) in [6, 6.07) is 0.210. The summed E-state index contributed by atoms with van der Waals surface area (Å²) in [6.07, 6.45) is 3.27. The van der Waals surface area contributed by atoms with Crippen LogP contribution in [0, 0.1) is 11.8 Å². The zero-order valence-corrected chi connectivity index (χ0v) is 10.1. The molecule has 0 bridgehead atoms. The van der Waals surface area contributed by atoms with E-state index in [-0.39, 0.29) is 12.0 Å². The Bertz CT molecular complexity index is 218. The Hall–Kier alpha value is -0.570. The van der Waals surface area contributed by atoms with Gasteiger partial charge < -0.3 is 5.11 Å². The molecule has 3 unspecified atom stereocenters. The number of aliphatic carboxylic acids is 1. The Kier molecular flexibility index (Phi) is 4.58. The van der Waals surface area contributed by atoms with E-state index in [2.05, 4.69) is 18.7 Å². The first-order valence-electron chi connectivity index (χ1n) is 6.03. The summed E-state index contributed by atoms with van der Waals surface area (Å²) in [6.45, 7) is 8.50. The van der Waals surface area contributed by atoms with Crippen LogP contribution in [0.4, 0.5) is 0 Å². The molecular formula is C12H23NO2. The lowest BCUT2D eigenvalue weighted by Gasteiger charge is -2.26. The van der Waals surface area contributed by atoms with E-state index < -0.39 is 5.97 Å². The maximum Gasteiger partial charge on any atom is 0.308 e. The molecule has 0 aliphatic carbocycles. The standard InChI is InChI=1S/C12H23NO2/c1-4-5-9(2)8-13-7-6-11(10(13)3)12(14)15/h9-11H,4-8H2,1-3H3,(H,14,15). The fourth-order valence-electron chi connectivity index (χ4n) is 2.58. The van der Waals surface area contributed by atoms with Gasteiger partial charge in [-0.3, -0.25) is 9.69 Å². The van der Waals surface area contributed by atoms with E-state index in [1.54, 1.807) is 0 Å². The molecule has 0 saturated carbocycles. The molecule has 88 valence electrons. The van der Waals surface area contributed by atoms with Crippen LogP contribution in [0.2, 0.25) is 0 Å². The predicted molar refractivity (Wildman–Crippen MR) is 60.8 cm³/mol. The van der Waals surface area contributed by atoms with Gasteiger partial charge in [-0.2, -0.15) is 0 Å². The van der Waals surface area contributed by atoms with Crippen LogP contribution in [-0.4, -0.2) is 35.1 Å². The van der Waals surface area contributed by atoms with Crippen LogP contribution in [0.1, 0.15) is 40.0 Å². The van der Waals surface area contributed by atoms with Gasteiger partial charge in [-0.1, -0.05) is 20.3 Å². The fraction of sp³-hybridized carbons (Fsp3) is 0.917. The smallest absolute Gasteiger partial charge is 0.308 e. The lowest BCUT2D eigenvalue weighted by atomic mass is 10.0. The number of carbonyl (C=O) groups is 1. The van der Waals surface area contributed by atoms with Gasteiger partial charge in [0.1, 0.15) is 0 Å². The topological polar surface area (TPSA) is 40.5 Å². The van der Waals surface area contributed by atoms with Gasteiger partial charge in [0.15, 0.2) is 0 Å². The minimum Gasteiger partial charge on any atom is -0.481 e. The van der Waals surface area contributed by atoms with E-state index in [1.165, 1.54) is 12.8 Å². The van der Waals surface area contributed by atoms with Crippen molar-refractivity contribution in [3.63, 3.8) is 0 Å². The molecule has 0 aromatic heterocycles. The van der Waals surface area contributed by atoms with Crippen LogP contribution >= 0.6 is 0 Å². The average molecular weight is 213 g/mol. The molecule has 1 aliphatic heterocycles. The number of hydrogen-bond donors (Lipinski definition) is 1. The summed E-state index contributed by atoms with van der Waals surface area (Å²) in [7, 11) is 0. The fourth-order valence-corrected chi connectivity index (χ4v) is 2.58. The largest absolute Gasteiger partial charge is 0.481 e. The Morgan fingerprint density at radius 3 is 2.73 bits per heavy atom. The third-order valence-corrected chi connectivity index (χ3v) is 3.53. The maximum atomic E-state index is 10.9. The summed E-state index contributed by atoms with van der Waals surface area (Å²) >= 11 is 0. The highest BCUT2D eigenvalue weighted by atomic mass is 16.4. The maximum absolute atomic E-state index is 10.9. The van der Waals surface area contributed by atoms with Crippen molar-refractivity contribution >= 4 is 5.97 Å². The van der Waals surface area contributed by atoms with Gasteiger partial charge >= 0.3 is 5.97 Å². The molecule has 0 radical (unpaired) electrons. The van der Waals surface area contributed by atoms with Crippen molar-refractivity contribution in [2.75, 3.05) is 13.1 Å². The third kappa shape index (κ3) is 3.20. The monoisotopic (exact) mass is 213 g/mol. The first-order chi connectivity index (χ1) is 7.06. The molecule has 1 N–H and O–H groups in total. The van der Waals surface area contributed by atoms with Crippen molar-refractivity contribution in [3.8, 4) is 0 Å². The number of carboxylic acids is 1. The van der Waals surface area contributed by atoms with Gasteiger partial charge in [-0.25, -0.2) is 0 Å². The zero-order valence-electron chi connectivity index (χ0n) is 10.1. The van der Waals surface area contributed by atoms with Crippen molar-refractivity contribution < 1.29 is 9.90 Å². The van der Waals surface area contributed by atoms with E-state index >= 15 is 0 Å². The highest BCUT2D eigenvalue weighted by Crippen LogP contribution is 2.25. The van der Waals surface area contributed by atoms with Gasteiger partial charge in [0.25, 0.3) is 0 Å². The SMILES string of the molecule is CCCC(C)CN1CCC(C(=O)O)C1C. The summed E-state index contributed by atoms with van der Waals surface area (Å²) in [4.78, 5) is 13.3. The Balaban J connectivity index is 2.42. The molecule has 1 heterocycles. The second kappa shape index (κ2) is 5.50. The average Bonchev–Trinajstić information content (AvgIpc) is 2.48. The van der Waals surface area contributed by atoms with E-state index in [0.717, 1.165) is 19.5 Å². The van der Waals surface area contributed by atoms with Crippen LogP contribution in [-0.2, 0) is 4.79 Å². The predicted octanol–water partition coefficient (Wildman–Crippen LogP) is 2.22.